The van der Waals surface area contributed by atoms with Gasteiger partial charge in [0.1, 0.15) is 5.82 Å². The number of rotatable bonds is 7. The summed E-state index contributed by atoms with van der Waals surface area (Å²) >= 11 is 5.89. The van der Waals surface area contributed by atoms with E-state index in [2.05, 4.69) is 10.6 Å². The molecule has 1 aromatic rings. The summed E-state index contributed by atoms with van der Waals surface area (Å²) < 4.78 is 19.9. The molecule has 3 atom stereocenters. The number of halogens is 2. The van der Waals surface area contributed by atoms with Crippen LogP contribution in [0.3, 0.4) is 0 Å². The van der Waals surface area contributed by atoms with Crippen LogP contribution in [0.25, 0.3) is 0 Å². The van der Waals surface area contributed by atoms with Crippen LogP contribution in [0.5, 0.6) is 0 Å². The topological polar surface area (TPSA) is 105 Å². The number of nitrogens with one attached hydrogen (secondary N) is 2. The zero-order valence-electron chi connectivity index (χ0n) is 16.9. The Labute approximate surface area is 180 Å². The van der Waals surface area contributed by atoms with Crippen LogP contribution in [0.15, 0.2) is 18.2 Å². The third-order valence-electron chi connectivity index (χ3n) is 5.11. The van der Waals surface area contributed by atoms with Gasteiger partial charge >= 0.3 is 0 Å². The molecule has 2 saturated carbocycles. The average molecular weight is 443 g/mol. The van der Waals surface area contributed by atoms with Crippen molar-refractivity contribution in [3.63, 3.8) is 0 Å². The highest BCUT2D eigenvalue weighted by atomic mass is 35.5. The minimum atomic E-state index is -0.611. The van der Waals surface area contributed by atoms with Gasteiger partial charge in [-0.25, -0.2) is 4.39 Å². The standard InChI is InChI=1S/C20H26ClFN2O3.CH2O2/c1-2-9-27-18-10-12(19(25)23-14-5-6-14)3-8-17(18)24-20(26)15-11-13(21)4-7-16(15)22;2-1-3/h4,7,11-12,14,17-18H,2-3,5-6,8-10H2,1H3,(H,23,25)(H,24,26);1H,(H,2,3)/t12-,17-,18-;/m0./s1. The first-order valence-electron chi connectivity index (χ1n) is 10.1. The van der Waals surface area contributed by atoms with Crippen LogP contribution < -0.4 is 10.6 Å². The maximum atomic E-state index is 14.0. The number of carbonyl (C=O) groups is 3. The molecular weight excluding hydrogens is 415 g/mol. The van der Waals surface area contributed by atoms with Gasteiger partial charge in [-0.15, -0.1) is 0 Å². The maximum absolute atomic E-state index is 14.0. The Morgan fingerprint density at radius 1 is 1.27 bits per heavy atom. The van der Waals surface area contributed by atoms with E-state index in [9.17, 15) is 14.0 Å². The molecule has 0 saturated heterocycles. The number of amides is 2. The van der Waals surface area contributed by atoms with Gasteiger partial charge in [-0.1, -0.05) is 18.5 Å². The van der Waals surface area contributed by atoms with E-state index in [1.54, 1.807) is 0 Å². The van der Waals surface area contributed by atoms with E-state index in [0.29, 0.717) is 36.9 Å². The molecule has 30 heavy (non-hydrogen) atoms. The van der Waals surface area contributed by atoms with Crippen molar-refractivity contribution in [1.29, 1.82) is 0 Å². The number of benzene rings is 1. The monoisotopic (exact) mass is 442 g/mol. The first-order chi connectivity index (χ1) is 14.4. The molecule has 0 bridgehead atoms. The molecule has 3 N–H and O–H groups in total. The summed E-state index contributed by atoms with van der Waals surface area (Å²) in [5.74, 6) is -1.15. The third kappa shape index (κ3) is 7.25. The van der Waals surface area contributed by atoms with Crippen molar-refractivity contribution in [3.8, 4) is 0 Å². The molecule has 0 spiro atoms. The maximum Gasteiger partial charge on any atom is 0.290 e. The van der Waals surface area contributed by atoms with Crippen LogP contribution in [0.1, 0.15) is 55.8 Å². The van der Waals surface area contributed by atoms with E-state index in [1.807, 2.05) is 6.92 Å². The van der Waals surface area contributed by atoms with Crippen molar-refractivity contribution in [2.24, 2.45) is 5.92 Å². The number of hydrogen-bond donors (Lipinski definition) is 3. The second-order valence-electron chi connectivity index (χ2n) is 7.51. The number of carbonyl (C=O) groups excluding carboxylic acids is 2. The summed E-state index contributed by atoms with van der Waals surface area (Å²) in [6, 6.07) is 3.98. The zero-order chi connectivity index (χ0) is 22.1. The van der Waals surface area contributed by atoms with E-state index in [1.165, 1.54) is 18.2 Å². The summed E-state index contributed by atoms with van der Waals surface area (Å²) in [6.07, 6.45) is 4.54. The highest BCUT2D eigenvalue weighted by Gasteiger charge is 2.37. The van der Waals surface area contributed by atoms with E-state index in [-0.39, 0.29) is 36.0 Å². The van der Waals surface area contributed by atoms with Gasteiger partial charge in [-0.3, -0.25) is 14.4 Å². The number of hydrogen-bond acceptors (Lipinski definition) is 4. The molecule has 2 amide bonds. The molecular formula is C21H28ClFN2O5. The zero-order valence-corrected chi connectivity index (χ0v) is 17.7. The van der Waals surface area contributed by atoms with Gasteiger partial charge in [0.15, 0.2) is 0 Å². The molecule has 0 unspecified atom stereocenters. The predicted octanol–water partition coefficient (Wildman–Crippen LogP) is 3.15. The van der Waals surface area contributed by atoms with Crippen LogP contribution in [0.4, 0.5) is 4.39 Å². The molecule has 0 heterocycles. The average Bonchev–Trinajstić information content (AvgIpc) is 3.53. The molecule has 0 radical (unpaired) electrons. The Balaban J connectivity index is 0.00000101. The highest BCUT2D eigenvalue weighted by Crippen LogP contribution is 2.29. The first-order valence-corrected chi connectivity index (χ1v) is 10.5. The first kappa shape index (κ1) is 24.1. The van der Waals surface area contributed by atoms with Crippen molar-refractivity contribution in [1.82, 2.24) is 10.6 Å². The van der Waals surface area contributed by atoms with Gasteiger partial charge in [-0.05, 0) is 56.7 Å². The lowest BCUT2D eigenvalue weighted by Gasteiger charge is -2.36. The van der Waals surface area contributed by atoms with Gasteiger partial charge < -0.3 is 20.5 Å². The largest absolute Gasteiger partial charge is 0.483 e. The smallest absolute Gasteiger partial charge is 0.290 e. The van der Waals surface area contributed by atoms with Gasteiger partial charge in [0.2, 0.25) is 5.91 Å². The van der Waals surface area contributed by atoms with Crippen LogP contribution >= 0.6 is 11.6 Å². The van der Waals surface area contributed by atoms with Crippen molar-refractivity contribution in [2.75, 3.05) is 6.61 Å². The van der Waals surface area contributed by atoms with E-state index in [4.69, 9.17) is 26.2 Å². The Bertz CT molecular complexity index is 744. The summed E-state index contributed by atoms with van der Waals surface area (Å²) in [4.78, 5) is 33.3. The quantitative estimate of drug-likeness (QED) is 0.562. The minimum absolute atomic E-state index is 0.0771. The summed E-state index contributed by atoms with van der Waals surface area (Å²) in [5, 5.41) is 13.1. The fraction of sp³-hybridized carbons (Fsp3) is 0.571. The fourth-order valence-corrected chi connectivity index (χ4v) is 3.62. The van der Waals surface area contributed by atoms with Gasteiger partial charge in [-0.2, -0.15) is 0 Å². The van der Waals surface area contributed by atoms with Crippen molar-refractivity contribution in [2.45, 2.75) is 63.6 Å². The molecule has 2 aliphatic carbocycles. The second kappa shape index (κ2) is 11.9. The normalized spacial score (nSPS) is 23.0. The SMILES string of the molecule is CCCO[C@H]1C[C@@H](C(=O)NC2CC2)CC[C@@H]1NC(=O)c1cc(Cl)ccc1F.O=CO. The lowest BCUT2D eigenvalue weighted by Crippen LogP contribution is -2.50. The lowest BCUT2D eigenvalue weighted by atomic mass is 9.83. The highest BCUT2D eigenvalue weighted by molar-refractivity contribution is 6.31. The second-order valence-corrected chi connectivity index (χ2v) is 7.95. The van der Waals surface area contributed by atoms with Crippen LogP contribution in [0, 0.1) is 11.7 Å². The van der Waals surface area contributed by atoms with Crippen LogP contribution in [0.2, 0.25) is 5.02 Å². The number of carboxylic acid groups (broad SMARTS) is 1. The van der Waals surface area contributed by atoms with Crippen molar-refractivity contribution < 1.29 is 28.6 Å². The minimum Gasteiger partial charge on any atom is -0.483 e. The van der Waals surface area contributed by atoms with Crippen molar-refractivity contribution >= 4 is 29.9 Å². The molecule has 1 aromatic carbocycles. The Hall–Kier alpha value is -2.19. The molecule has 3 rings (SSSR count). The van der Waals surface area contributed by atoms with Gasteiger partial charge in [0.25, 0.3) is 12.4 Å². The summed E-state index contributed by atoms with van der Waals surface area (Å²) in [6.45, 7) is 2.31. The predicted molar refractivity (Wildman–Crippen MR) is 110 cm³/mol. The van der Waals surface area contributed by atoms with E-state index < -0.39 is 11.7 Å². The summed E-state index contributed by atoms with van der Waals surface area (Å²) in [5.41, 5.74) is -0.0784. The van der Waals surface area contributed by atoms with Crippen LogP contribution in [-0.4, -0.2) is 48.2 Å². The molecule has 7 nitrogen and oxygen atoms in total. The molecule has 2 aliphatic rings. The molecule has 166 valence electrons. The van der Waals surface area contributed by atoms with Gasteiger partial charge in [0, 0.05) is 23.6 Å². The van der Waals surface area contributed by atoms with E-state index >= 15 is 0 Å². The molecule has 0 aliphatic heterocycles. The molecule has 0 aromatic heterocycles. The summed E-state index contributed by atoms with van der Waals surface area (Å²) in [7, 11) is 0. The fourth-order valence-electron chi connectivity index (χ4n) is 3.45. The van der Waals surface area contributed by atoms with E-state index in [0.717, 1.165) is 19.3 Å². The number of ether oxygens (including phenoxy) is 1. The molecule has 9 heteroatoms. The van der Waals surface area contributed by atoms with Gasteiger partial charge in [0.05, 0.1) is 17.7 Å². The Kier molecular flexibility index (Phi) is 9.52. The third-order valence-corrected chi connectivity index (χ3v) is 5.35. The van der Waals surface area contributed by atoms with Crippen molar-refractivity contribution in [3.05, 3.63) is 34.6 Å². The Morgan fingerprint density at radius 2 is 1.97 bits per heavy atom. The lowest BCUT2D eigenvalue weighted by molar-refractivity contribution is -0.128. The Morgan fingerprint density at radius 3 is 2.60 bits per heavy atom. The molecule has 2 fully saturated rings. The van der Waals surface area contributed by atoms with Crippen LogP contribution in [-0.2, 0) is 14.3 Å².